The third-order valence-corrected chi connectivity index (χ3v) is 0.962. The van der Waals surface area contributed by atoms with Crippen molar-refractivity contribution in [2.24, 2.45) is 0 Å². The zero-order valence-corrected chi connectivity index (χ0v) is 6.81. The van der Waals surface area contributed by atoms with E-state index >= 15 is 0 Å². The van der Waals surface area contributed by atoms with Gasteiger partial charge < -0.3 is 4.90 Å². The minimum atomic E-state index is -0.591. The molecule has 4 heteroatoms. The van der Waals surface area contributed by atoms with E-state index in [1.807, 2.05) is 0 Å². The van der Waals surface area contributed by atoms with E-state index in [0.29, 0.717) is 0 Å². The van der Waals surface area contributed by atoms with Crippen LogP contribution in [0.3, 0.4) is 0 Å². The molecule has 10 heavy (non-hydrogen) atoms. The highest BCUT2D eigenvalue weighted by atomic mass is 35.5. The van der Waals surface area contributed by atoms with Gasteiger partial charge in [0, 0.05) is 0 Å². The van der Waals surface area contributed by atoms with E-state index in [0.717, 1.165) is 0 Å². The quantitative estimate of drug-likeness (QED) is 0.441. The van der Waals surface area contributed by atoms with Crippen LogP contribution < -0.4 is 0 Å². The fourth-order valence-electron chi connectivity index (χ4n) is 0.564. The van der Waals surface area contributed by atoms with Crippen LogP contribution in [0.2, 0.25) is 0 Å². The summed E-state index contributed by atoms with van der Waals surface area (Å²) in [5.74, 6) is -0.148. The molecule has 0 aliphatic heterocycles. The summed E-state index contributed by atoms with van der Waals surface area (Å²) in [6.45, 7) is 0.276. The van der Waals surface area contributed by atoms with Gasteiger partial charge in [0.1, 0.15) is 0 Å². The Hall–Kier alpha value is -0.410. The van der Waals surface area contributed by atoms with E-state index in [9.17, 15) is 9.59 Å². The van der Waals surface area contributed by atoms with Crippen molar-refractivity contribution < 1.29 is 9.59 Å². The van der Waals surface area contributed by atoms with Gasteiger partial charge >= 0.3 is 0 Å². The molecule has 0 radical (unpaired) electrons. The molecule has 0 N–H and O–H groups in total. The zero-order chi connectivity index (χ0) is 8.15. The van der Waals surface area contributed by atoms with Crippen LogP contribution in [0, 0.1) is 0 Å². The van der Waals surface area contributed by atoms with Crippen LogP contribution in [0.5, 0.6) is 0 Å². The molecule has 0 fully saturated rings. The number of ketones is 1. The van der Waals surface area contributed by atoms with Gasteiger partial charge in [0.15, 0.2) is 5.78 Å². The van der Waals surface area contributed by atoms with Crippen LogP contribution in [-0.2, 0) is 9.59 Å². The highest BCUT2D eigenvalue weighted by Gasteiger charge is 2.06. The highest BCUT2D eigenvalue weighted by molar-refractivity contribution is 6.64. The molecule has 0 unspecified atom stereocenters. The number of hydrogen-bond acceptors (Lipinski definition) is 3. The summed E-state index contributed by atoms with van der Waals surface area (Å²) >= 11 is 4.98. The first-order valence-electron chi connectivity index (χ1n) is 2.87. The summed E-state index contributed by atoms with van der Waals surface area (Å²) in [5, 5.41) is -0.591. The highest BCUT2D eigenvalue weighted by Crippen LogP contribution is 1.90. The molecule has 0 aliphatic carbocycles. The molecule has 0 aromatic carbocycles. The second kappa shape index (κ2) is 4.41. The van der Waals surface area contributed by atoms with Gasteiger partial charge in [0.25, 0.3) is 0 Å². The number of carbonyl (C=O) groups excluding carboxylic acids is 2. The van der Waals surface area contributed by atoms with E-state index in [1.54, 1.807) is 19.0 Å². The lowest BCUT2D eigenvalue weighted by Gasteiger charge is -2.05. The van der Waals surface area contributed by atoms with Crippen molar-refractivity contribution in [2.75, 3.05) is 20.6 Å². The van der Waals surface area contributed by atoms with Crippen molar-refractivity contribution in [3.8, 4) is 0 Å². The van der Waals surface area contributed by atoms with Gasteiger partial charge in [-0.15, -0.1) is 0 Å². The Labute approximate surface area is 65.0 Å². The number of hydrogen-bond donors (Lipinski definition) is 0. The molecule has 0 rings (SSSR count). The summed E-state index contributed by atoms with van der Waals surface area (Å²) in [7, 11) is 3.52. The molecular weight excluding hydrogens is 154 g/mol. The molecule has 0 amide bonds. The number of halogens is 1. The summed E-state index contributed by atoms with van der Waals surface area (Å²) in [4.78, 5) is 22.6. The Kier molecular flexibility index (Phi) is 4.23. The molecule has 0 spiro atoms. The predicted molar refractivity (Wildman–Crippen MR) is 39.0 cm³/mol. The first kappa shape index (κ1) is 9.59. The van der Waals surface area contributed by atoms with Gasteiger partial charge in [0.05, 0.1) is 13.0 Å². The van der Waals surface area contributed by atoms with Gasteiger partial charge in [-0.05, 0) is 25.7 Å². The largest absolute Gasteiger partial charge is 0.302 e. The molecular formula is C6H10ClNO2. The molecule has 0 aromatic rings. The lowest BCUT2D eigenvalue weighted by atomic mass is 10.3. The number of Topliss-reactive ketones (excluding diaryl/α,β-unsaturated/α-hetero) is 1. The third kappa shape index (κ3) is 5.72. The summed E-state index contributed by atoms with van der Waals surface area (Å²) in [5.41, 5.74) is 0. The second-order valence-electron chi connectivity index (χ2n) is 2.31. The molecule has 0 saturated carbocycles. The fourth-order valence-corrected chi connectivity index (χ4v) is 0.713. The van der Waals surface area contributed by atoms with Gasteiger partial charge in [-0.1, -0.05) is 0 Å². The van der Waals surface area contributed by atoms with Crippen molar-refractivity contribution in [2.45, 2.75) is 6.42 Å². The van der Waals surface area contributed by atoms with Crippen molar-refractivity contribution in [3.05, 3.63) is 0 Å². The molecule has 0 atom stereocenters. The van der Waals surface area contributed by atoms with Crippen LogP contribution in [0.25, 0.3) is 0 Å². The van der Waals surface area contributed by atoms with Gasteiger partial charge in [-0.2, -0.15) is 0 Å². The molecule has 0 saturated heterocycles. The van der Waals surface area contributed by atoms with Gasteiger partial charge in [-0.3, -0.25) is 9.59 Å². The Morgan fingerprint density at radius 2 is 1.90 bits per heavy atom. The molecule has 0 bridgehead atoms. The Bertz CT molecular complexity index is 145. The number of rotatable bonds is 4. The van der Waals surface area contributed by atoms with Gasteiger partial charge in [-0.25, -0.2) is 0 Å². The van der Waals surface area contributed by atoms with E-state index in [4.69, 9.17) is 11.6 Å². The Morgan fingerprint density at radius 1 is 1.40 bits per heavy atom. The second-order valence-corrected chi connectivity index (χ2v) is 2.73. The van der Waals surface area contributed by atoms with Gasteiger partial charge in [0.2, 0.25) is 5.24 Å². The maximum absolute atomic E-state index is 10.7. The van der Waals surface area contributed by atoms with Crippen LogP contribution in [0.4, 0.5) is 0 Å². The summed E-state index contributed by atoms with van der Waals surface area (Å²) < 4.78 is 0. The standard InChI is InChI=1S/C6H10ClNO2/c1-8(2)4-5(9)3-6(7)10/h3-4H2,1-2H3. The minimum absolute atomic E-state index is 0.148. The maximum atomic E-state index is 10.7. The maximum Gasteiger partial charge on any atom is 0.229 e. The van der Waals surface area contributed by atoms with Crippen molar-refractivity contribution in [1.29, 1.82) is 0 Å². The number of carbonyl (C=O) groups is 2. The van der Waals surface area contributed by atoms with Crippen molar-refractivity contribution in [1.82, 2.24) is 4.90 Å². The number of likely N-dealkylation sites (N-methyl/N-ethyl adjacent to an activating group) is 1. The monoisotopic (exact) mass is 163 g/mol. The molecule has 0 aliphatic rings. The summed E-state index contributed by atoms with van der Waals surface area (Å²) in [6, 6.07) is 0. The van der Waals surface area contributed by atoms with E-state index in [-0.39, 0.29) is 18.7 Å². The smallest absolute Gasteiger partial charge is 0.229 e. The van der Waals surface area contributed by atoms with E-state index < -0.39 is 5.24 Å². The van der Waals surface area contributed by atoms with Crippen LogP contribution in [0.15, 0.2) is 0 Å². The van der Waals surface area contributed by atoms with Crippen LogP contribution in [-0.4, -0.2) is 36.6 Å². The molecule has 0 aromatic heterocycles. The average molecular weight is 164 g/mol. The topological polar surface area (TPSA) is 37.4 Å². The van der Waals surface area contributed by atoms with Crippen molar-refractivity contribution >= 4 is 22.6 Å². The number of nitrogens with zero attached hydrogens (tertiary/aromatic N) is 1. The molecule has 58 valence electrons. The lowest BCUT2D eigenvalue weighted by Crippen LogP contribution is -2.22. The van der Waals surface area contributed by atoms with E-state index in [2.05, 4.69) is 0 Å². The SMILES string of the molecule is CN(C)CC(=O)CC(=O)Cl. The van der Waals surface area contributed by atoms with Crippen LogP contribution >= 0.6 is 11.6 Å². The Morgan fingerprint density at radius 3 is 2.20 bits per heavy atom. The first-order chi connectivity index (χ1) is 4.52. The predicted octanol–water partition coefficient (Wildman–Crippen LogP) is 0.273. The average Bonchev–Trinajstić information content (AvgIpc) is 1.58. The first-order valence-corrected chi connectivity index (χ1v) is 3.25. The van der Waals surface area contributed by atoms with Crippen molar-refractivity contribution in [3.63, 3.8) is 0 Å². The van der Waals surface area contributed by atoms with Crippen LogP contribution in [0.1, 0.15) is 6.42 Å². The Balaban J connectivity index is 3.54. The normalized spacial score (nSPS) is 10.0. The molecule has 0 heterocycles. The summed E-state index contributed by atoms with van der Waals surface area (Å²) in [6.07, 6.45) is -0.167. The fraction of sp³-hybridized carbons (Fsp3) is 0.667. The molecule has 3 nitrogen and oxygen atoms in total. The minimum Gasteiger partial charge on any atom is -0.302 e. The lowest BCUT2D eigenvalue weighted by molar-refractivity contribution is -0.123. The zero-order valence-electron chi connectivity index (χ0n) is 6.06. The third-order valence-electron chi connectivity index (χ3n) is 0.829. The van der Waals surface area contributed by atoms with E-state index in [1.165, 1.54) is 0 Å².